The third kappa shape index (κ3) is 6.28. The molecule has 2 saturated heterocycles. The maximum atomic E-state index is 12.8. The summed E-state index contributed by atoms with van der Waals surface area (Å²) in [6, 6.07) is 0. The summed E-state index contributed by atoms with van der Waals surface area (Å²) in [5, 5.41) is 0. The van der Waals surface area contributed by atoms with Gasteiger partial charge in [-0.15, -0.1) is 0 Å². The maximum absolute atomic E-state index is 12.8. The number of carbonyl (C=O) groups excluding carboxylic acids is 4. The molecule has 0 aromatic carbocycles. The van der Waals surface area contributed by atoms with E-state index in [4.69, 9.17) is 28.4 Å². The highest BCUT2D eigenvalue weighted by Gasteiger charge is 2.54. The van der Waals surface area contributed by atoms with Crippen molar-refractivity contribution in [2.75, 3.05) is 26.4 Å². The predicted molar refractivity (Wildman–Crippen MR) is 124 cm³/mol. The number of carbonyl (C=O) groups is 4. The smallest absolute Gasteiger partial charge is 0.344 e. The van der Waals surface area contributed by atoms with Crippen LogP contribution in [0.5, 0.6) is 0 Å². The number of ether oxygens (including phenoxy) is 6. The Bertz CT molecular complexity index is 847. The van der Waals surface area contributed by atoms with Crippen LogP contribution in [-0.2, 0) is 47.6 Å². The molecule has 10 heteroatoms. The van der Waals surface area contributed by atoms with Crippen molar-refractivity contribution in [3.8, 4) is 0 Å². The first-order valence-electron chi connectivity index (χ1n) is 13.9. The van der Waals surface area contributed by atoms with Gasteiger partial charge in [0, 0.05) is 0 Å². The Morgan fingerprint density at radius 3 is 1.68 bits per heavy atom. The third-order valence-electron chi connectivity index (χ3n) is 9.14. The van der Waals surface area contributed by atoms with Gasteiger partial charge in [-0.1, -0.05) is 0 Å². The number of epoxide rings is 2. The lowest BCUT2D eigenvalue weighted by Crippen LogP contribution is -2.39. The molecular formula is C27H36O10. The van der Waals surface area contributed by atoms with Crippen molar-refractivity contribution < 1.29 is 47.6 Å². The molecule has 6 fully saturated rings. The first kappa shape index (κ1) is 25.1. The van der Waals surface area contributed by atoms with Crippen molar-refractivity contribution in [3.05, 3.63) is 0 Å². The fourth-order valence-electron chi connectivity index (χ4n) is 6.66. The molecule has 204 valence electrons. The molecule has 4 saturated carbocycles. The van der Waals surface area contributed by atoms with Crippen LogP contribution in [0.4, 0.5) is 0 Å². The zero-order valence-corrected chi connectivity index (χ0v) is 21.0. The van der Waals surface area contributed by atoms with Gasteiger partial charge in [-0.2, -0.15) is 0 Å². The van der Waals surface area contributed by atoms with Crippen LogP contribution >= 0.6 is 0 Å². The van der Waals surface area contributed by atoms with E-state index in [2.05, 4.69) is 0 Å². The standard InChI is InChI=1S/C27H36O10/c28-24(32-10-14-1-3-16-7-17(16)5-14)12-34-26(30)18-8-22-23(37-22)9-19(18)27(31)35-13-25(29)33-11-15-2-4-20-21(6-15)36-20/h14-23H,1-13H2. The van der Waals surface area contributed by atoms with E-state index in [0.717, 1.165) is 43.9 Å². The summed E-state index contributed by atoms with van der Waals surface area (Å²) in [7, 11) is 0. The summed E-state index contributed by atoms with van der Waals surface area (Å²) in [5.74, 6) is -1.74. The number of hydrogen-bond donors (Lipinski definition) is 0. The minimum Gasteiger partial charge on any atom is -0.463 e. The van der Waals surface area contributed by atoms with Crippen LogP contribution in [0.1, 0.15) is 57.8 Å². The predicted octanol–water partition coefficient (Wildman–Crippen LogP) is 1.96. The van der Waals surface area contributed by atoms with E-state index in [1.807, 2.05) is 0 Å². The van der Waals surface area contributed by atoms with Gasteiger partial charge in [-0.3, -0.25) is 9.59 Å². The highest BCUT2D eigenvalue weighted by atomic mass is 16.6. The second-order valence-electron chi connectivity index (χ2n) is 11.8. The first-order valence-corrected chi connectivity index (χ1v) is 13.9. The summed E-state index contributed by atoms with van der Waals surface area (Å²) in [4.78, 5) is 49.8. The third-order valence-corrected chi connectivity index (χ3v) is 9.14. The van der Waals surface area contributed by atoms with Gasteiger partial charge in [0.25, 0.3) is 0 Å². The number of esters is 4. The van der Waals surface area contributed by atoms with Crippen molar-refractivity contribution >= 4 is 23.9 Å². The van der Waals surface area contributed by atoms with Crippen molar-refractivity contribution in [1.82, 2.24) is 0 Å². The largest absolute Gasteiger partial charge is 0.463 e. The fraction of sp³-hybridized carbons (Fsp3) is 0.852. The monoisotopic (exact) mass is 520 g/mol. The van der Waals surface area contributed by atoms with Gasteiger partial charge >= 0.3 is 23.9 Å². The molecule has 2 aliphatic heterocycles. The van der Waals surface area contributed by atoms with Crippen molar-refractivity contribution in [2.45, 2.75) is 82.2 Å². The lowest BCUT2D eigenvalue weighted by Gasteiger charge is -2.26. The number of fused-ring (bicyclic) bond motifs is 3. The Hall–Kier alpha value is -2.20. The summed E-state index contributed by atoms with van der Waals surface area (Å²) < 4.78 is 32.1. The molecule has 37 heavy (non-hydrogen) atoms. The molecule has 4 aliphatic carbocycles. The second kappa shape index (κ2) is 10.5. The molecule has 0 bridgehead atoms. The fourth-order valence-corrected chi connectivity index (χ4v) is 6.66. The average molecular weight is 521 g/mol. The Balaban J connectivity index is 0.913. The van der Waals surface area contributed by atoms with Crippen LogP contribution in [0.2, 0.25) is 0 Å². The van der Waals surface area contributed by atoms with Crippen molar-refractivity contribution in [3.63, 3.8) is 0 Å². The van der Waals surface area contributed by atoms with Gasteiger partial charge in [0.2, 0.25) is 0 Å². The molecule has 10 atom stereocenters. The zero-order valence-electron chi connectivity index (χ0n) is 21.0. The molecule has 10 unspecified atom stereocenters. The van der Waals surface area contributed by atoms with E-state index in [-0.39, 0.29) is 24.7 Å². The highest BCUT2D eigenvalue weighted by molar-refractivity contribution is 5.85. The highest BCUT2D eigenvalue weighted by Crippen LogP contribution is 2.51. The molecule has 2 heterocycles. The molecule has 6 rings (SSSR count). The quantitative estimate of drug-likeness (QED) is 0.239. The van der Waals surface area contributed by atoms with Crippen LogP contribution < -0.4 is 0 Å². The topological polar surface area (TPSA) is 130 Å². The van der Waals surface area contributed by atoms with Gasteiger partial charge in [0.05, 0.1) is 49.5 Å². The SMILES string of the molecule is O=C(COC(=O)C1CC2OC2CC1C(=O)OCC(=O)OCC1CCC2OC2C1)OCC1CCC2CC2C1. The van der Waals surface area contributed by atoms with Crippen molar-refractivity contribution in [2.24, 2.45) is 35.5 Å². The van der Waals surface area contributed by atoms with Crippen molar-refractivity contribution in [1.29, 1.82) is 0 Å². The zero-order chi connectivity index (χ0) is 25.5. The second-order valence-corrected chi connectivity index (χ2v) is 11.8. The lowest BCUT2D eigenvalue weighted by atomic mass is 9.79. The van der Waals surface area contributed by atoms with Gasteiger partial charge in [-0.05, 0) is 81.5 Å². The van der Waals surface area contributed by atoms with E-state index in [9.17, 15) is 19.2 Å². The van der Waals surface area contributed by atoms with Gasteiger partial charge in [0.15, 0.2) is 13.2 Å². The van der Waals surface area contributed by atoms with E-state index in [1.165, 1.54) is 12.8 Å². The molecule has 0 N–H and O–H groups in total. The first-order chi connectivity index (χ1) is 17.9. The Morgan fingerprint density at radius 2 is 1.08 bits per heavy atom. The number of hydrogen-bond acceptors (Lipinski definition) is 10. The number of rotatable bonds is 10. The normalized spacial score (nSPS) is 40.6. The van der Waals surface area contributed by atoms with Gasteiger partial charge in [0.1, 0.15) is 0 Å². The molecule has 0 spiro atoms. The molecule has 0 amide bonds. The Morgan fingerprint density at radius 1 is 0.541 bits per heavy atom. The molecule has 0 aromatic rings. The summed E-state index contributed by atoms with van der Waals surface area (Å²) in [6.07, 6.45) is 8.66. The summed E-state index contributed by atoms with van der Waals surface area (Å²) in [5.41, 5.74) is 0. The Labute approximate surface area is 216 Å². The van der Waals surface area contributed by atoms with Crippen LogP contribution in [0, 0.1) is 35.5 Å². The lowest BCUT2D eigenvalue weighted by molar-refractivity contribution is -0.170. The van der Waals surface area contributed by atoms with Gasteiger partial charge in [-0.25, -0.2) is 9.59 Å². The van der Waals surface area contributed by atoms with Crippen LogP contribution in [-0.4, -0.2) is 74.7 Å². The molecule has 0 aromatic heterocycles. The minimum absolute atomic E-state index is 0.0957. The molecule has 6 aliphatic rings. The molecule has 10 nitrogen and oxygen atoms in total. The summed E-state index contributed by atoms with van der Waals surface area (Å²) >= 11 is 0. The minimum atomic E-state index is -0.795. The van der Waals surface area contributed by atoms with E-state index in [1.54, 1.807) is 0 Å². The maximum Gasteiger partial charge on any atom is 0.344 e. The van der Waals surface area contributed by atoms with E-state index >= 15 is 0 Å². The van der Waals surface area contributed by atoms with Gasteiger partial charge < -0.3 is 28.4 Å². The van der Waals surface area contributed by atoms with Crippen LogP contribution in [0.3, 0.4) is 0 Å². The molecule has 0 radical (unpaired) electrons. The average Bonchev–Trinajstić information content (AvgIpc) is 3.79. The molecular weight excluding hydrogens is 484 g/mol. The van der Waals surface area contributed by atoms with E-state index < -0.39 is 48.9 Å². The van der Waals surface area contributed by atoms with Crippen LogP contribution in [0.15, 0.2) is 0 Å². The van der Waals surface area contributed by atoms with E-state index in [0.29, 0.717) is 37.6 Å². The summed E-state index contributed by atoms with van der Waals surface area (Å²) in [6.45, 7) is -0.334. The Kier molecular flexibility index (Phi) is 7.13. The van der Waals surface area contributed by atoms with Crippen LogP contribution in [0.25, 0.3) is 0 Å².